The third-order valence-corrected chi connectivity index (χ3v) is 5.37. The number of sulfonamides is 1. The maximum absolute atomic E-state index is 12.4. The summed E-state index contributed by atoms with van der Waals surface area (Å²) in [5, 5.41) is 9.87. The van der Waals surface area contributed by atoms with Crippen LogP contribution in [0, 0.1) is 0 Å². The molecule has 0 spiro atoms. The van der Waals surface area contributed by atoms with Gasteiger partial charge in [-0.3, -0.25) is 4.79 Å². The molecule has 0 aliphatic carbocycles. The molecule has 0 unspecified atom stereocenters. The van der Waals surface area contributed by atoms with E-state index in [-0.39, 0.29) is 36.2 Å². The lowest BCUT2D eigenvalue weighted by Gasteiger charge is -2.08. The zero-order valence-corrected chi connectivity index (χ0v) is 14.7. The molecule has 1 amide bonds. The Morgan fingerprint density at radius 1 is 1.07 bits per heavy atom. The summed E-state index contributed by atoms with van der Waals surface area (Å²) in [6.45, 7) is 0.218. The highest BCUT2D eigenvalue weighted by Gasteiger charge is 2.20. The van der Waals surface area contributed by atoms with E-state index in [2.05, 4.69) is 25.0 Å². The van der Waals surface area contributed by atoms with E-state index in [1.807, 2.05) is 0 Å². The van der Waals surface area contributed by atoms with Crippen LogP contribution in [0.25, 0.3) is 11.0 Å². The molecule has 140 valence electrons. The second kappa shape index (κ2) is 6.85. The van der Waals surface area contributed by atoms with Crippen LogP contribution in [0.1, 0.15) is 10.4 Å². The summed E-state index contributed by atoms with van der Waals surface area (Å²) >= 11 is 0. The Morgan fingerprint density at radius 3 is 2.81 bits per heavy atom. The number of benzene rings is 2. The van der Waals surface area contributed by atoms with Crippen LogP contribution >= 0.6 is 0 Å². The summed E-state index contributed by atoms with van der Waals surface area (Å²) in [6, 6.07) is 9.36. The number of nitrogens with one attached hydrogen (secondary N) is 2. The number of carbonyl (C=O) groups excluding carboxylic acids is 1. The van der Waals surface area contributed by atoms with Crippen LogP contribution in [0.15, 0.2) is 45.9 Å². The molecule has 2 N–H and O–H groups in total. The van der Waals surface area contributed by atoms with Crippen molar-refractivity contribution in [2.24, 2.45) is 0 Å². The molecule has 1 aromatic heterocycles. The second-order valence-electron chi connectivity index (χ2n) is 5.61. The molecule has 4 rings (SSSR count). The zero-order chi connectivity index (χ0) is 18.9. The number of ether oxygens (including phenoxy) is 2. The van der Waals surface area contributed by atoms with E-state index in [9.17, 15) is 13.2 Å². The van der Waals surface area contributed by atoms with Crippen molar-refractivity contribution >= 4 is 27.0 Å². The van der Waals surface area contributed by atoms with Crippen molar-refractivity contribution in [3.05, 3.63) is 42.0 Å². The monoisotopic (exact) mass is 390 g/mol. The number of hydrogen-bond acceptors (Lipinski definition) is 8. The summed E-state index contributed by atoms with van der Waals surface area (Å²) in [5.41, 5.74) is 0.879. The van der Waals surface area contributed by atoms with Crippen molar-refractivity contribution in [2.45, 2.75) is 4.90 Å². The fourth-order valence-corrected chi connectivity index (χ4v) is 3.76. The highest BCUT2D eigenvalue weighted by molar-refractivity contribution is 7.89. The molecule has 2 heterocycles. The Hall–Kier alpha value is -3.18. The number of nitrogens with zero attached hydrogens (tertiary/aromatic N) is 2. The normalized spacial score (nSPS) is 13.0. The van der Waals surface area contributed by atoms with Gasteiger partial charge in [0.05, 0.1) is 0 Å². The average Bonchev–Trinajstić information content (AvgIpc) is 3.32. The van der Waals surface area contributed by atoms with Crippen molar-refractivity contribution < 1.29 is 27.3 Å². The third-order valence-electron chi connectivity index (χ3n) is 3.88. The average molecular weight is 390 g/mol. The molecule has 0 fully saturated rings. The summed E-state index contributed by atoms with van der Waals surface area (Å²) in [5.74, 6) is 0.726. The predicted molar refractivity (Wildman–Crippen MR) is 91.9 cm³/mol. The van der Waals surface area contributed by atoms with Crippen molar-refractivity contribution in [1.82, 2.24) is 20.4 Å². The summed E-state index contributed by atoms with van der Waals surface area (Å²) in [7, 11) is -3.83. The third kappa shape index (κ3) is 3.41. The lowest BCUT2D eigenvalue weighted by Crippen LogP contribution is -2.34. The van der Waals surface area contributed by atoms with Gasteiger partial charge in [0.15, 0.2) is 17.0 Å². The quantitative estimate of drug-likeness (QED) is 0.587. The maximum Gasteiger partial charge on any atom is 0.251 e. The summed E-state index contributed by atoms with van der Waals surface area (Å²) in [4.78, 5) is 12.1. The maximum atomic E-state index is 12.4. The molecule has 10 nitrogen and oxygen atoms in total. The van der Waals surface area contributed by atoms with Gasteiger partial charge < -0.3 is 14.8 Å². The highest BCUT2D eigenvalue weighted by atomic mass is 32.2. The first-order valence-corrected chi connectivity index (χ1v) is 9.42. The number of aromatic nitrogens is 2. The van der Waals surface area contributed by atoms with Gasteiger partial charge in [-0.15, -0.1) is 0 Å². The molecular formula is C16H14N4O6S. The van der Waals surface area contributed by atoms with Gasteiger partial charge >= 0.3 is 0 Å². The standard InChI is InChI=1S/C16H14N4O6S/c21-16(10-4-5-12-13(8-10)25-9-24-12)17-6-7-18-27(22,23)14-3-1-2-11-15(14)20-26-19-11/h1-5,8,18H,6-7,9H2,(H,17,21). The lowest BCUT2D eigenvalue weighted by molar-refractivity contribution is 0.0954. The van der Waals surface area contributed by atoms with Gasteiger partial charge in [0.2, 0.25) is 16.8 Å². The smallest absolute Gasteiger partial charge is 0.251 e. The van der Waals surface area contributed by atoms with E-state index in [4.69, 9.17) is 9.47 Å². The van der Waals surface area contributed by atoms with E-state index in [0.717, 1.165) is 0 Å². The molecule has 27 heavy (non-hydrogen) atoms. The molecule has 1 aliphatic rings. The van der Waals surface area contributed by atoms with Gasteiger partial charge in [-0.05, 0) is 40.6 Å². The zero-order valence-electron chi connectivity index (χ0n) is 13.8. The predicted octanol–water partition coefficient (Wildman–Crippen LogP) is 0.660. The van der Waals surface area contributed by atoms with E-state index in [1.54, 1.807) is 30.3 Å². The number of hydrogen-bond donors (Lipinski definition) is 2. The minimum atomic E-state index is -3.83. The van der Waals surface area contributed by atoms with Gasteiger partial charge in [-0.2, -0.15) is 0 Å². The van der Waals surface area contributed by atoms with E-state index < -0.39 is 10.0 Å². The topological polar surface area (TPSA) is 133 Å². The van der Waals surface area contributed by atoms with E-state index >= 15 is 0 Å². The van der Waals surface area contributed by atoms with Crippen molar-refractivity contribution in [2.75, 3.05) is 19.9 Å². The number of carbonyl (C=O) groups is 1. The molecule has 0 atom stereocenters. The summed E-state index contributed by atoms with van der Waals surface area (Å²) in [6.07, 6.45) is 0. The Kier molecular flexibility index (Phi) is 4.38. The minimum absolute atomic E-state index is 0.000290. The molecule has 0 bridgehead atoms. The molecule has 11 heteroatoms. The Morgan fingerprint density at radius 2 is 1.93 bits per heavy atom. The Balaban J connectivity index is 1.35. The second-order valence-corrected chi connectivity index (χ2v) is 7.35. The number of rotatable bonds is 6. The largest absolute Gasteiger partial charge is 0.454 e. The van der Waals surface area contributed by atoms with Crippen molar-refractivity contribution in [3.63, 3.8) is 0 Å². The van der Waals surface area contributed by atoms with Crippen LogP contribution in [0.4, 0.5) is 0 Å². The van der Waals surface area contributed by atoms with Crippen LogP contribution in [0.5, 0.6) is 11.5 Å². The van der Waals surface area contributed by atoms with Crippen LogP contribution in [-0.2, 0) is 10.0 Å². The minimum Gasteiger partial charge on any atom is -0.454 e. The van der Waals surface area contributed by atoms with E-state index in [1.165, 1.54) is 6.07 Å². The first-order chi connectivity index (χ1) is 13.0. The first kappa shape index (κ1) is 17.2. The van der Waals surface area contributed by atoms with Crippen molar-refractivity contribution in [1.29, 1.82) is 0 Å². The molecule has 0 saturated carbocycles. The Bertz CT molecular complexity index is 1110. The fraction of sp³-hybridized carbons (Fsp3) is 0.188. The van der Waals surface area contributed by atoms with Gasteiger partial charge in [0.1, 0.15) is 10.4 Å². The Labute approximate surface area is 153 Å². The van der Waals surface area contributed by atoms with E-state index in [0.29, 0.717) is 22.6 Å². The molecule has 0 saturated heterocycles. The van der Waals surface area contributed by atoms with Gasteiger partial charge in [0.25, 0.3) is 5.91 Å². The lowest BCUT2D eigenvalue weighted by atomic mass is 10.2. The molecule has 0 radical (unpaired) electrons. The molecule has 3 aromatic rings. The first-order valence-electron chi connectivity index (χ1n) is 7.93. The van der Waals surface area contributed by atoms with Gasteiger partial charge in [-0.1, -0.05) is 6.07 Å². The van der Waals surface area contributed by atoms with Gasteiger partial charge in [-0.25, -0.2) is 17.8 Å². The number of amides is 1. The van der Waals surface area contributed by atoms with Crippen LogP contribution < -0.4 is 19.5 Å². The van der Waals surface area contributed by atoms with Crippen LogP contribution in [0.3, 0.4) is 0 Å². The fourth-order valence-electron chi connectivity index (χ4n) is 2.58. The highest BCUT2D eigenvalue weighted by Crippen LogP contribution is 2.32. The summed E-state index contributed by atoms with van der Waals surface area (Å²) < 4.78 is 42.2. The molecule has 2 aromatic carbocycles. The van der Waals surface area contributed by atoms with Crippen LogP contribution in [-0.4, -0.2) is 44.5 Å². The number of fused-ring (bicyclic) bond motifs is 2. The van der Waals surface area contributed by atoms with Gasteiger partial charge in [0, 0.05) is 18.7 Å². The van der Waals surface area contributed by atoms with Crippen LogP contribution in [0.2, 0.25) is 0 Å². The molecule has 1 aliphatic heterocycles. The molecular weight excluding hydrogens is 376 g/mol. The van der Waals surface area contributed by atoms with Crippen molar-refractivity contribution in [3.8, 4) is 11.5 Å². The SMILES string of the molecule is O=C(NCCNS(=O)(=O)c1cccc2nonc12)c1ccc2c(c1)OCO2.